The Labute approximate surface area is 128 Å². The fourth-order valence-corrected chi connectivity index (χ4v) is 2.35. The molecule has 0 saturated heterocycles. The molecule has 22 heavy (non-hydrogen) atoms. The summed E-state index contributed by atoms with van der Waals surface area (Å²) in [6.07, 6.45) is 0.464. The summed E-state index contributed by atoms with van der Waals surface area (Å²) in [6, 6.07) is 13.0. The first kappa shape index (κ1) is 14.1. The lowest BCUT2D eigenvalue weighted by Gasteiger charge is -2.10. The maximum Gasteiger partial charge on any atom is 0.185 e. The zero-order valence-corrected chi connectivity index (χ0v) is 12.4. The van der Waals surface area contributed by atoms with E-state index in [0.717, 1.165) is 16.8 Å². The Morgan fingerprint density at radius 2 is 1.82 bits per heavy atom. The number of para-hydroxylation sites is 1. The Kier molecular flexibility index (Phi) is 3.78. The number of benzene rings is 2. The van der Waals surface area contributed by atoms with E-state index < -0.39 is 0 Å². The van der Waals surface area contributed by atoms with Crippen LogP contribution < -0.4 is 15.2 Å². The van der Waals surface area contributed by atoms with Crippen LogP contribution >= 0.6 is 0 Å². The van der Waals surface area contributed by atoms with Gasteiger partial charge in [-0.25, -0.2) is 9.97 Å². The van der Waals surface area contributed by atoms with Crippen LogP contribution in [0.1, 0.15) is 11.4 Å². The second-order valence-electron chi connectivity index (χ2n) is 4.84. The molecule has 5 nitrogen and oxygen atoms in total. The number of fused-ring (bicyclic) bond motifs is 1. The molecule has 0 spiro atoms. The maximum absolute atomic E-state index is 10.0. The van der Waals surface area contributed by atoms with E-state index in [2.05, 4.69) is 9.97 Å². The SMILES string of the molecule is COc1ccc(Cc2nc([N])c3ccccc3n2)c(OC)c1. The van der Waals surface area contributed by atoms with Crippen molar-refractivity contribution in [2.45, 2.75) is 6.42 Å². The molecular formula is C17H15N3O2. The van der Waals surface area contributed by atoms with Gasteiger partial charge in [-0.15, -0.1) is 5.73 Å². The van der Waals surface area contributed by atoms with E-state index in [9.17, 15) is 5.73 Å². The minimum Gasteiger partial charge on any atom is -0.497 e. The van der Waals surface area contributed by atoms with Crippen LogP contribution in [0.25, 0.3) is 10.9 Å². The van der Waals surface area contributed by atoms with Gasteiger partial charge in [-0.3, -0.25) is 0 Å². The summed E-state index contributed by atoms with van der Waals surface area (Å²) in [7, 11) is 3.22. The van der Waals surface area contributed by atoms with Crippen LogP contribution in [-0.4, -0.2) is 24.2 Å². The van der Waals surface area contributed by atoms with Gasteiger partial charge in [0.1, 0.15) is 17.3 Å². The summed E-state index contributed by atoms with van der Waals surface area (Å²) in [4.78, 5) is 8.66. The molecule has 2 radical (unpaired) electrons. The molecule has 0 atom stereocenters. The Morgan fingerprint density at radius 1 is 1.00 bits per heavy atom. The molecule has 3 aromatic rings. The highest BCUT2D eigenvalue weighted by atomic mass is 16.5. The average molecular weight is 293 g/mol. The van der Waals surface area contributed by atoms with Crippen LogP contribution in [0, 0.1) is 0 Å². The van der Waals surface area contributed by atoms with Crippen molar-refractivity contribution >= 4 is 16.7 Å². The van der Waals surface area contributed by atoms with Crippen LogP contribution in [0.15, 0.2) is 42.5 Å². The van der Waals surface area contributed by atoms with Crippen LogP contribution in [0.4, 0.5) is 5.82 Å². The monoisotopic (exact) mass is 293 g/mol. The minimum atomic E-state index is -0.00641. The van der Waals surface area contributed by atoms with Crippen LogP contribution in [0.2, 0.25) is 0 Å². The van der Waals surface area contributed by atoms with Gasteiger partial charge in [0.15, 0.2) is 5.82 Å². The smallest absolute Gasteiger partial charge is 0.185 e. The van der Waals surface area contributed by atoms with Crippen molar-refractivity contribution < 1.29 is 9.47 Å². The summed E-state index contributed by atoms with van der Waals surface area (Å²) in [5.74, 6) is 1.96. The normalized spacial score (nSPS) is 10.6. The van der Waals surface area contributed by atoms with Gasteiger partial charge in [-0.05, 0) is 18.2 Å². The molecule has 0 bridgehead atoms. The van der Waals surface area contributed by atoms with Gasteiger partial charge in [0.25, 0.3) is 0 Å². The molecule has 1 aromatic heterocycles. The quantitative estimate of drug-likeness (QED) is 0.741. The van der Waals surface area contributed by atoms with Gasteiger partial charge in [-0.1, -0.05) is 18.2 Å². The summed E-state index contributed by atoms with van der Waals surface area (Å²) < 4.78 is 10.6. The molecule has 0 amide bonds. The Hall–Kier alpha value is -2.82. The molecule has 0 N–H and O–H groups in total. The average Bonchev–Trinajstić information content (AvgIpc) is 2.55. The van der Waals surface area contributed by atoms with E-state index in [0.29, 0.717) is 23.4 Å². The number of aromatic nitrogens is 2. The fraction of sp³-hybridized carbons (Fsp3) is 0.176. The van der Waals surface area contributed by atoms with E-state index in [1.54, 1.807) is 20.3 Å². The van der Waals surface area contributed by atoms with Gasteiger partial charge in [0.05, 0.1) is 19.7 Å². The molecule has 0 unspecified atom stereocenters. The predicted molar refractivity (Wildman–Crippen MR) is 83.7 cm³/mol. The molecule has 2 aromatic carbocycles. The Bertz CT molecular complexity index is 818. The number of hydrogen-bond donors (Lipinski definition) is 0. The van der Waals surface area contributed by atoms with Gasteiger partial charge in [0, 0.05) is 23.4 Å². The van der Waals surface area contributed by atoms with Gasteiger partial charge >= 0.3 is 0 Å². The van der Waals surface area contributed by atoms with Crippen molar-refractivity contribution in [2.75, 3.05) is 14.2 Å². The van der Waals surface area contributed by atoms with Gasteiger partial charge in [0.2, 0.25) is 0 Å². The second kappa shape index (κ2) is 5.89. The maximum atomic E-state index is 10.0. The second-order valence-corrected chi connectivity index (χ2v) is 4.84. The first-order valence-corrected chi connectivity index (χ1v) is 6.87. The molecule has 0 aliphatic carbocycles. The number of rotatable bonds is 4. The summed E-state index contributed by atoms with van der Waals surface area (Å²) >= 11 is 0. The highest BCUT2D eigenvalue weighted by molar-refractivity contribution is 5.86. The number of nitrogens with zero attached hydrogens (tertiary/aromatic N) is 3. The van der Waals surface area contributed by atoms with Gasteiger partial charge < -0.3 is 9.47 Å². The number of ether oxygens (including phenoxy) is 2. The Balaban J connectivity index is 1.99. The van der Waals surface area contributed by atoms with E-state index >= 15 is 0 Å². The van der Waals surface area contributed by atoms with E-state index in [1.807, 2.05) is 36.4 Å². The third-order valence-corrected chi connectivity index (χ3v) is 3.47. The van der Waals surface area contributed by atoms with Crippen LogP contribution in [-0.2, 0) is 6.42 Å². The summed E-state index contributed by atoms with van der Waals surface area (Å²) in [6.45, 7) is 0. The largest absolute Gasteiger partial charge is 0.497 e. The fourth-order valence-electron chi connectivity index (χ4n) is 2.35. The first-order valence-electron chi connectivity index (χ1n) is 6.87. The highest BCUT2D eigenvalue weighted by Gasteiger charge is 2.11. The molecule has 3 rings (SSSR count). The molecule has 0 aliphatic heterocycles. The number of hydrogen-bond acceptors (Lipinski definition) is 4. The molecule has 0 saturated carbocycles. The van der Waals surface area contributed by atoms with Crippen molar-refractivity contribution in [1.29, 1.82) is 0 Å². The van der Waals surface area contributed by atoms with E-state index in [4.69, 9.17) is 9.47 Å². The topological polar surface area (TPSA) is 66.5 Å². The van der Waals surface area contributed by atoms with Crippen LogP contribution in [0.5, 0.6) is 11.5 Å². The molecule has 0 fully saturated rings. The lowest BCUT2D eigenvalue weighted by atomic mass is 10.1. The van der Waals surface area contributed by atoms with Crippen molar-refractivity contribution in [3.8, 4) is 11.5 Å². The van der Waals surface area contributed by atoms with Crippen molar-refractivity contribution in [1.82, 2.24) is 15.7 Å². The molecular weight excluding hydrogens is 278 g/mol. The Morgan fingerprint density at radius 3 is 2.59 bits per heavy atom. The van der Waals surface area contributed by atoms with Crippen LogP contribution in [0.3, 0.4) is 0 Å². The predicted octanol–water partition coefficient (Wildman–Crippen LogP) is 2.94. The standard InChI is InChI=1S/C17H15N3O2/c1-21-12-8-7-11(15(10-12)22-2)9-16-19-14-6-4-3-5-13(14)17(18)20-16/h3-8,10H,9H2,1-2H3. The zero-order valence-electron chi connectivity index (χ0n) is 12.4. The third kappa shape index (κ3) is 2.65. The van der Waals surface area contributed by atoms with Crippen molar-refractivity contribution in [3.63, 3.8) is 0 Å². The van der Waals surface area contributed by atoms with Crippen molar-refractivity contribution in [3.05, 3.63) is 53.9 Å². The lowest BCUT2D eigenvalue weighted by molar-refractivity contribution is 0.391. The summed E-state index contributed by atoms with van der Waals surface area (Å²) in [5, 5.41) is 0.646. The zero-order chi connectivity index (χ0) is 15.5. The van der Waals surface area contributed by atoms with E-state index in [-0.39, 0.29) is 5.82 Å². The lowest BCUT2D eigenvalue weighted by Crippen LogP contribution is -2.00. The van der Waals surface area contributed by atoms with Crippen molar-refractivity contribution in [2.24, 2.45) is 0 Å². The number of methoxy groups -OCH3 is 2. The van der Waals surface area contributed by atoms with Gasteiger partial charge in [-0.2, -0.15) is 0 Å². The summed E-state index contributed by atoms with van der Waals surface area (Å²) in [5.41, 5.74) is 11.7. The molecule has 1 heterocycles. The minimum absolute atomic E-state index is 0.00641. The first-order chi connectivity index (χ1) is 10.7. The molecule has 110 valence electrons. The third-order valence-electron chi connectivity index (χ3n) is 3.47. The molecule has 0 aliphatic rings. The van der Waals surface area contributed by atoms with E-state index in [1.165, 1.54) is 0 Å². The highest BCUT2D eigenvalue weighted by Crippen LogP contribution is 2.27. The molecule has 5 heteroatoms.